The summed E-state index contributed by atoms with van der Waals surface area (Å²) < 4.78 is 6.66. The number of benzene rings is 2. The van der Waals surface area contributed by atoms with Gasteiger partial charge < -0.3 is 4.74 Å². The van der Waals surface area contributed by atoms with E-state index in [-0.39, 0.29) is 17.7 Å². The van der Waals surface area contributed by atoms with Gasteiger partial charge in [0.05, 0.1) is 9.38 Å². The summed E-state index contributed by atoms with van der Waals surface area (Å²) in [4.78, 5) is 25.8. The molecule has 0 atom stereocenters. The molecule has 4 nitrogen and oxygen atoms in total. The fraction of sp³-hybridized carbons (Fsp3) is 0.143. The predicted molar refractivity (Wildman–Crippen MR) is 113 cm³/mol. The zero-order valence-electron chi connectivity index (χ0n) is 14.8. The number of nitrogens with zero attached hydrogens (tertiary/aromatic N) is 1. The van der Waals surface area contributed by atoms with Crippen LogP contribution in [0.5, 0.6) is 5.75 Å². The molecule has 0 N–H and O–H groups in total. The summed E-state index contributed by atoms with van der Waals surface area (Å²) in [7, 11) is 0. The Morgan fingerprint density at radius 1 is 1.22 bits per heavy atom. The lowest BCUT2D eigenvalue weighted by atomic mass is 10.1. The van der Waals surface area contributed by atoms with Gasteiger partial charge in [0, 0.05) is 6.54 Å². The number of hydrogen-bond acceptors (Lipinski definition) is 4. The molecule has 1 saturated heterocycles. The second kappa shape index (κ2) is 8.59. The molecule has 0 unspecified atom stereocenters. The van der Waals surface area contributed by atoms with Crippen molar-refractivity contribution in [3.05, 3.63) is 81.2 Å². The van der Waals surface area contributed by atoms with Crippen molar-refractivity contribution in [1.29, 1.82) is 0 Å². The van der Waals surface area contributed by atoms with Crippen LogP contribution in [0.15, 0.2) is 64.5 Å². The fourth-order valence-electron chi connectivity index (χ4n) is 2.62. The molecular formula is C21H18BrNO3S. The first-order chi connectivity index (χ1) is 13.0. The van der Waals surface area contributed by atoms with Crippen LogP contribution >= 0.6 is 27.7 Å². The molecule has 0 aliphatic carbocycles. The normalized spacial score (nSPS) is 15.5. The van der Waals surface area contributed by atoms with Crippen molar-refractivity contribution < 1.29 is 14.3 Å². The highest BCUT2D eigenvalue weighted by atomic mass is 79.9. The molecule has 1 aliphatic rings. The van der Waals surface area contributed by atoms with Gasteiger partial charge in [0.2, 0.25) is 0 Å². The smallest absolute Gasteiger partial charge is 0.293 e. The number of halogens is 1. The molecule has 0 radical (unpaired) electrons. The summed E-state index contributed by atoms with van der Waals surface area (Å²) in [6, 6.07) is 13.7. The van der Waals surface area contributed by atoms with Crippen LogP contribution in [0, 0.1) is 6.92 Å². The largest absolute Gasteiger partial charge is 0.488 e. The molecule has 1 heterocycles. The average Bonchev–Trinajstić information content (AvgIpc) is 2.89. The molecule has 27 heavy (non-hydrogen) atoms. The van der Waals surface area contributed by atoms with E-state index in [1.807, 2.05) is 43.3 Å². The molecular weight excluding hydrogens is 426 g/mol. The zero-order chi connectivity index (χ0) is 19.4. The number of imide groups is 1. The molecule has 6 heteroatoms. The van der Waals surface area contributed by atoms with Crippen LogP contribution in [0.4, 0.5) is 4.79 Å². The van der Waals surface area contributed by atoms with E-state index in [2.05, 4.69) is 28.6 Å². The monoisotopic (exact) mass is 443 g/mol. The SMILES string of the molecule is C=CCN1C(=O)S/C(=C/c2ccc(OCc3cccc(C)c3)c(Br)c2)C1=O. The minimum atomic E-state index is -0.291. The van der Waals surface area contributed by atoms with Gasteiger partial charge in [-0.3, -0.25) is 14.5 Å². The number of rotatable bonds is 6. The lowest BCUT2D eigenvalue weighted by Gasteiger charge is -2.10. The molecule has 0 aromatic heterocycles. The Kier molecular flexibility index (Phi) is 6.19. The van der Waals surface area contributed by atoms with E-state index in [4.69, 9.17) is 4.74 Å². The molecule has 2 aromatic rings. The Morgan fingerprint density at radius 3 is 2.74 bits per heavy atom. The van der Waals surface area contributed by atoms with E-state index >= 15 is 0 Å². The third-order valence-electron chi connectivity index (χ3n) is 3.92. The van der Waals surface area contributed by atoms with Crippen molar-refractivity contribution in [3.63, 3.8) is 0 Å². The van der Waals surface area contributed by atoms with Gasteiger partial charge in [-0.15, -0.1) is 6.58 Å². The number of thioether (sulfide) groups is 1. The molecule has 0 saturated carbocycles. The zero-order valence-corrected chi connectivity index (χ0v) is 17.2. The molecule has 3 rings (SSSR count). The van der Waals surface area contributed by atoms with Gasteiger partial charge in [-0.05, 0) is 64.0 Å². The molecule has 0 spiro atoms. The van der Waals surface area contributed by atoms with Crippen LogP contribution < -0.4 is 4.74 Å². The van der Waals surface area contributed by atoms with Crippen LogP contribution in [0.2, 0.25) is 0 Å². The summed E-state index contributed by atoms with van der Waals surface area (Å²) in [5.41, 5.74) is 3.10. The van der Waals surface area contributed by atoms with E-state index in [0.717, 1.165) is 27.4 Å². The van der Waals surface area contributed by atoms with Crippen molar-refractivity contribution in [2.45, 2.75) is 13.5 Å². The molecule has 138 valence electrons. The molecule has 2 amide bonds. The van der Waals surface area contributed by atoms with Crippen molar-refractivity contribution in [3.8, 4) is 5.75 Å². The van der Waals surface area contributed by atoms with E-state index in [0.29, 0.717) is 17.3 Å². The number of hydrogen-bond donors (Lipinski definition) is 0. The second-order valence-electron chi connectivity index (χ2n) is 6.05. The summed E-state index contributed by atoms with van der Waals surface area (Å²) >= 11 is 4.45. The maximum atomic E-state index is 12.3. The lowest BCUT2D eigenvalue weighted by molar-refractivity contribution is -0.122. The average molecular weight is 444 g/mol. The lowest BCUT2D eigenvalue weighted by Crippen LogP contribution is -2.27. The highest BCUT2D eigenvalue weighted by molar-refractivity contribution is 9.10. The number of ether oxygens (including phenoxy) is 1. The fourth-order valence-corrected chi connectivity index (χ4v) is 3.98. The first kappa shape index (κ1) is 19.5. The van der Waals surface area contributed by atoms with E-state index < -0.39 is 0 Å². The van der Waals surface area contributed by atoms with Gasteiger partial charge in [0.1, 0.15) is 12.4 Å². The third-order valence-corrected chi connectivity index (χ3v) is 5.44. The minimum absolute atomic E-state index is 0.220. The minimum Gasteiger partial charge on any atom is -0.488 e. The summed E-state index contributed by atoms with van der Waals surface area (Å²) in [6.07, 6.45) is 3.25. The molecule has 1 fully saturated rings. The summed E-state index contributed by atoms with van der Waals surface area (Å²) in [5, 5.41) is -0.275. The maximum absolute atomic E-state index is 12.3. The van der Waals surface area contributed by atoms with E-state index in [1.54, 1.807) is 6.08 Å². The number of carbonyl (C=O) groups excluding carboxylic acids is 2. The van der Waals surface area contributed by atoms with Crippen LogP contribution in [-0.4, -0.2) is 22.6 Å². The van der Waals surface area contributed by atoms with Gasteiger partial charge in [0.15, 0.2) is 0 Å². The Hall–Kier alpha value is -2.31. The predicted octanol–water partition coefficient (Wildman–Crippen LogP) is 5.56. The van der Waals surface area contributed by atoms with E-state index in [9.17, 15) is 9.59 Å². The van der Waals surface area contributed by atoms with E-state index in [1.165, 1.54) is 16.5 Å². The first-order valence-corrected chi connectivity index (χ1v) is 9.93. The highest BCUT2D eigenvalue weighted by Crippen LogP contribution is 2.34. The Morgan fingerprint density at radius 2 is 2.04 bits per heavy atom. The molecule has 0 bridgehead atoms. The second-order valence-corrected chi connectivity index (χ2v) is 7.90. The van der Waals surface area contributed by atoms with Crippen molar-refractivity contribution in [2.75, 3.05) is 6.54 Å². The van der Waals surface area contributed by atoms with Crippen molar-refractivity contribution in [1.82, 2.24) is 4.90 Å². The van der Waals surface area contributed by atoms with Gasteiger partial charge >= 0.3 is 0 Å². The van der Waals surface area contributed by atoms with Crippen LogP contribution in [0.3, 0.4) is 0 Å². The summed E-state index contributed by atoms with van der Waals surface area (Å²) in [6.45, 7) is 6.31. The van der Waals surface area contributed by atoms with Gasteiger partial charge in [-0.25, -0.2) is 0 Å². The number of amides is 2. The number of aryl methyl sites for hydroxylation is 1. The van der Waals surface area contributed by atoms with Crippen molar-refractivity contribution in [2.24, 2.45) is 0 Å². The topological polar surface area (TPSA) is 46.6 Å². The van der Waals surface area contributed by atoms with Crippen LogP contribution in [0.1, 0.15) is 16.7 Å². The quantitative estimate of drug-likeness (QED) is 0.433. The van der Waals surface area contributed by atoms with Crippen molar-refractivity contribution >= 4 is 44.9 Å². The molecule has 2 aromatic carbocycles. The maximum Gasteiger partial charge on any atom is 0.293 e. The number of carbonyl (C=O) groups is 2. The summed E-state index contributed by atoms with van der Waals surface area (Å²) in [5.74, 6) is 0.425. The Balaban J connectivity index is 1.72. The van der Waals surface area contributed by atoms with Crippen LogP contribution in [0.25, 0.3) is 6.08 Å². The first-order valence-electron chi connectivity index (χ1n) is 8.32. The Bertz CT molecular complexity index is 939. The standard InChI is InChI=1S/C21H18BrNO3S/c1-3-9-23-20(24)19(27-21(23)25)12-15-7-8-18(17(22)11-15)26-13-16-6-4-5-14(2)10-16/h3-8,10-12H,1,9,13H2,2H3/b19-12+. The highest BCUT2D eigenvalue weighted by Gasteiger charge is 2.34. The van der Waals surface area contributed by atoms with Gasteiger partial charge in [-0.1, -0.05) is 42.0 Å². The van der Waals surface area contributed by atoms with Crippen LogP contribution in [-0.2, 0) is 11.4 Å². The Labute approximate surface area is 171 Å². The van der Waals surface area contributed by atoms with Gasteiger partial charge in [0.25, 0.3) is 11.1 Å². The third kappa shape index (κ3) is 4.70. The molecule has 1 aliphatic heterocycles. The van der Waals surface area contributed by atoms with Gasteiger partial charge in [-0.2, -0.15) is 0 Å².